The minimum atomic E-state index is 0.878. The van der Waals surface area contributed by atoms with Crippen molar-refractivity contribution in [2.75, 3.05) is 59.0 Å². The maximum Gasteiger partial charge on any atom is 0.0594 e. The van der Waals surface area contributed by atoms with E-state index in [-0.39, 0.29) is 0 Å². The summed E-state index contributed by atoms with van der Waals surface area (Å²) in [6.07, 6.45) is 1.16. The maximum atomic E-state index is 5.40. The Balaban J connectivity index is 1.44. The van der Waals surface area contributed by atoms with Crippen LogP contribution in [0.3, 0.4) is 0 Å². The highest BCUT2D eigenvalue weighted by molar-refractivity contribution is 5.22. The number of hydrogen-bond donors (Lipinski definition) is 1. The Morgan fingerprint density at radius 1 is 0.857 bits per heavy atom. The highest BCUT2D eigenvalue weighted by Gasteiger charge is 2.11. The number of nitrogens with zero attached hydrogens (tertiary/aromatic N) is 2. The first-order valence-corrected chi connectivity index (χ1v) is 8.21. The van der Waals surface area contributed by atoms with Crippen molar-refractivity contribution in [3.63, 3.8) is 0 Å². The Hall–Kier alpha value is -0.940. The third kappa shape index (κ3) is 4.78. The van der Waals surface area contributed by atoms with E-state index in [1.54, 1.807) is 0 Å². The summed E-state index contributed by atoms with van der Waals surface area (Å²) in [6.45, 7) is 10.8. The molecule has 2 aliphatic rings. The van der Waals surface area contributed by atoms with Crippen molar-refractivity contribution >= 4 is 0 Å². The van der Waals surface area contributed by atoms with Crippen molar-refractivity contribution in [3.05, 3.63) is 35.4 Å². The smallest absolute Gasteiger partial charge is 0.0594 e. The lowest BCUT2D eigenvalue weighted by Gasteiger charge is -2.27. The lowest BCUT2D eigenvalue weighted by Crippen LogP contribution is -2.44. The molecule has 21 heavy (non-hydrogen) atoms. The molecule has 2 heterocycles. The van der Waals surface area contributed by atoms with Gasteiger partial charge in [-0.3, -0.25) is 4.90 Å². The fraction of sp³-hybridized carbons (Fsp3) is 0.647. The van der Waals surface area contributed by atoms with Crippen molar-refractivity contribution in [2.24, 2.45) is 0 Å². The van der Waals surface area contributed by atoms with Crippen molar-refractivity contribution in [3.8, 4) is 0 Å². The number of ether oxygens (including phenoxy) is 1. The van der Waals surface area contributed by atoms with Crippen LogP contribution in [0.2, 0.25) is 0 Å². The number of piperazine rings is 1. The van der Waals surface area contributed by atoms with Crippen LogP contribution in [0.25, 0.3) is 0 Å². The Kier molecular flexibility index (Phi) is 5.63. The van der Waals surface area contributed by atoms with Crippen molar-refractivity contribution in [1.29, 1.82) is 0 Å². The normalized spacial score (nSPS) is 21.5. The maximum absolute atomic E-state index is 5.40. The number of nitrogens with one attached hydrogen (secondary N) is 1. The zero-order valence-corrected chi connectivity index (χ0v) is 12.9. The third-order valence-corrected chi connectivity index (χ3v) is 4.46. The van der Waals surface area contributed by atoms with Crippen LogP contribution < -0.4 is 5.32 Å². The van der Waals surface area contributed by atoms with Gasteiger partial charge in [0.2, 0.25) is 0 Å². The quantitative estimate of drug-likeness (QED) is 0.874. The van der Waals surface area contributed by atoms with Gasteiger partial charge in [0, 0.05) is 52.4 Å². The predicted octanol–water partition coefficient (Wildman–Crippen LogP) is 0.967. The van der Waals surface area contributed by atoms with Crippen molar-refractivity contribution in [1.82, 2.24) is 15.1 Å². The average molecular weight is 289 g/mol. The van der Waals surface area contributed by atoms with Gasteiger partial charge >= 0.3 is 0 Å². The van der Waals surface area contributed by atoms with Crippen LogP contribution >= 0.6 is 0 Å². The van der Waals surface area contributed by atoms with Crippen LogP contribution in [0.15, 0.2) is 24.3 Å². The lowest BCUT2D eigenvalue weighted by molar-refractivity contribution is 0.0342. The van der Waals surface area contributed by atoms with E-state index in [4.69, 9.17) is 4.74 Å². The van der Waals surface area contributed by atoms with Gasteiger partial charge < -0.3 is 15.0 Å². The van der Waals surface area contributed by atoms with Crippen molar-refractivity contribution in [2.45, 2.75) is 13.0 Å². The molecule has 3 rings (SSSR count). The van der Waals surface area contributed by atoms with Gasteiger partial charge in [0.15, 0.2) is 0 Å². The fourth-order valence-electron chi connectivity index (χ4n) is 3.05. The molecule has 0 bridgehead atoms. The first-order chi connectivity index (χ1) is 10.4. The summed E-state index contributed by atoms with van der Waals surface area (Å²) in [6, 6.07) is 9.20. The van der Waals surface area contributed by atoms with Crippen LogP contribution in [0.1, 0.15) is 11.1 Å². The molecule has 1 aromatic carbocycles. The molecule has 2 saturated heterocycles. The molecule has 0 aliphatic carbocycles. The summed E-state index contributed by atoms with van der Waals surface area (Å²) in [5.41, 5.74) is 2.88. The van der Waals surface area contributed by atoms with Gasteiger partial charge in [0.25, 0.3) is 0 Å². The van der Waals surface area contributed by atoms with E-state index in [2.05, 4.69) is 39.4 Å². The second-order valence-electron chi connectivity index (χ2n) is 6.05. The van der Waals surface area contributed by atoms with Gasteiger partial charge in [-0.2, -0.15) is 0 Å². The van der Waals surface area contributed by atoms with Gasteiger partial charge in [-0.1, -0.05) is 24.3 Å². The SMILES string of the molecule is c1cc(CN2CCOCC2)ccc1CCN1CCNCC1. The molecule has 1 aromatic rings. The molecular weight excluding hydrogens is 262 g/mol. The van der Waals surface area contributed by atoms with Gasteiger partial charge in [-0.05, 0) is 17.5 Å². The highest BCUT2D eigenvalue weighted by atomic mass is 16.5. The molecule has 0 atom stereocenters. The summed E-state index contributed by atoms with van der Waals surface area (Å²) in [4.78, 5) is 5.03. The third-order valence-electron chi connectivity index (χ3n) is 4.46. The van der Waals surface area contributed by atoms with Crippen molar-refractivity contribution < 1.29 is 4.74 Å². The van der Waals surface area contributed by atoms with E-state index in [0.717, 1.165) is 52.4 Å². The zero-order valence-electron chi connectivity index (χ0n) is 12.9. The van der Waals surface area contributed by atoms with Gasteiger partial charge in [0.1, 0.15) is 0 Å². The lowest BCUT2D eigenvalue weighted by atomic mass is 10.1. The van der Waals surface area contributed by atoms with Crippen LogP contribution in [0, 0.1) is 0 Å². The second-order valence-corrected chi connectivity index (χ2v) is 6.05. The van der Waals surface area contributed by atoms with E-state index < -0.39 is 0 Å². The topological polar surface area (TPSA) is 27.7 Å². The molecule has 4 heteroatoms. The number of morpholine rings is 1. The molecule has 1 N–H and O–H groups in total. The molecule has 0 radical (unpaired) electrons. The molecular formula is C17H27N3O. The summed E-state index contributed by atoms with van der Waals surface area (Å²) < 4.78 is 5.40. The Labute approximate surface area is 128 Å². The Morgan fingerprint density at radius 2 is 1.52 bits per heavy atom. The summed E-state index contributed by atoms with van der Waals surface area (Å²) >= 11 is 0. The summed E-state index contributed by atoms with van der Waals surface area (Å²) in [5, 5.41) is 3.40. The molecule has 2 fully saturated rings. The summed E-state index contributed by atoms with van der Waals surface area (Å²) in [5.74, 6) is 0. The zero-order chi connectivity index (χ0) is 14.3. The molecule has 0 spiro atoms. The van der Waals surface area contributed by atoms with E-state index in [1.807, 2.05) is 0 Å². The number of hydrogen-bond acceptors (Lipinski definition) is 4. The van der Waals surface area contributed by atoms with Crippen LogP contribution in [-0.2, 0) is 17.7 Å². The van der Waals surface area contributed by atoms with Crippen LogP contribution in [-0.4, -0.2) is 68.8 Å². The molecule has 2 aliphatic heterocycles. The van der Waals surface area contributed by atoms with Crippen LogP contribution in [0.5, 0.6) is 0 Å². The standard InChI is InChI=1S/C17H27N3O/c1-3-17(15-20-11-13-21-14-12-20)4-2-16(1)5-8-19-9-6-18-7-10-19/h1-4,18H,5-15H2. The highest BCUT2D eigenvalue weighted by Crippen LogP contribution is 2.10. The van der Waals surface area contributed by atoms with Crippen LogP contribution in [0.4, 0.5) is 0 Å². The number of rotatable bonds is 5. The average Bonchev–Trinajstić information content (AvgIpc) is 2.56. The fourth-order valence-corrected chi connectivity index (χ4v) is 3.05. The minimum absolute atomic E-state index is 0.878. The second kappa shape index (κ2) is 7.90. The largest absolute Gasteiger partial charge is 0.379 e. The molecule has 0 unspecified atom stereocenters. The number of benzene rings is 1. The Morgan fingerprint density at radius 3 is 2.24 bits per heavy atom. The Bertz CT molecular complexity index is 409. The van der Waals surface area contributed by atoms with E-state index in [1.165, 1.54) is 30.8 Å². The van der Waals surface area contributed by atoms with Gasteiger partial charge in [-0.25, -0.2) is 0 Å². The van der Waals surface area contributed by atoms with E-state index >= 15 is 0 Å². The van der Waals surface area contributed by atoms with E-state index in [0.29, 0.717) is 0 Å². The first kappa shape index (κ1) is 15.0. The van der Waals surface area contributed by atoms with Gasteiger partial charge in [0.05, 0.1) is 13.2 Å². The molecule has 4 nitrogen and oxygen atoms in total. The van der Waals surface area contributed by atoms with Gasteiger partial charge in [-0.15, -0.1) is 0 Å². The first-order valence-electron chi connectivity index (χ1n) is 8.21. The molecule has 0 saturated carbocycles. The summed E-state index contributed by atoms with van der Waals surface area (Å²) in [7, 11) is 0. The molecule has 0 amide bonds. The monoisotopic (exact) mass is 289 g/mol. The molecule has 116 valence electrons. The molecule has 0 aromatic heterocycles. The predicted molar refractivity (Wildman–Crippen MR) is 85.6 cm³/mol. The minimum Gasteiger partial charge on any atom is -0.379 e. The van der Waals surface area contributed by atoms with E-state index in [9.17, 15) is 0 Å².